The van der Waals surface area contributed by atoms with E-state index in [2.05, 4.69) is 16.1 Å². The predicted octanol–water partition coefficient (Wildman–Crippen LogP) is -0.325. The van der Waals surface area contributed by atoms with Gasteiger partial charge in [0.05, 0.1) is 18.2 Å². The summed E-state index contributed by atoms with van der Waals surface area (Å²) in [6, 6.07) is 2.11. The minimum atomic E-state index is -3.06. The number of hydrogen-bond acceptors (Lipinski definition) is 4. The van der Waals surface area contributed by atoms with Crippen LogP contribution in [0, 0.1) is 17.2 Å². The maximum absolute atomic E-state index is 10.6. The average Bonchev–Trinajstić information content (AvgIpc) is 2.08. The van der Waals surface area contributed by atoms with Crippen LogP contribution in [0.15, 0.2) is 0 Å². The second-order valence-electron chi connectivity index (χ2n) is 3.25. The number of nitrogens with one attached hydrogen (secondary N) is 2. The van der Waals surface area contributed by atoms with Gasteiger partial charge in [-0.2, -0.15) is 5.26 Å². The van der Waals surface area contributed by atoms with Gasteiger partial charge in [0.2, 0.25) is 10.0 Å². The van der Waals surface area contributed by atoms with Crippen LogP contribution < -0.4 is 10.0 Å². The molecule has 0 aliphatic heterocycles. The van der Waals surface area contributed by atoms with Gasteiger partial charge in [-0.3, -0.25) is 0 Å². The molecule has 0 heterocycles. The monoisotopic (exact) mass is 219 g/mol. The van der Waals surface area contributed by atoms with Crippen LogP contribution in [-0.2, 0) is 10.0 Å². The van der Waals surface area contributed by atoms with Gasteiger partial charge in [0.15, 0.2) is 0 Å². The van der Waals surface area contributed by atoms with Crippen LogP contribution in [0.3, 0.4) is 0 Å². The van der Waals surface area contributed by atoms with Gasteiger partial charge in [0.25, 0.3) is 0 Å². The fourth-order valence-electron chi connectivity index (χ4n) is 0.835. The van der Waals surface area contributed by atoms with Gasteiger partial charge in [-0.15, -0.1) is 0 Å². The number of sulfonamides is 1. The van der Waals surface area contributed by atoms with Crippen LogP contribution in [0.5, 0.6) is 0 Å². The fourth-order valence-corrected chi connectivity index (χ4v) is 1.35. The van der Waals surface area contributed by atoms with Crippen molar-refractivity contribution in [3.8, 4) is 6.07 Å². The van der Waals surface area contributed by atoms with E-state index in [-0.39, 0.29) is 5.92 Å². The first-order valence-electron chi connectivity index (χ1n) is 4.50. The highest BCUT2D eigenvalue weighted by molar-refractivity contribution is 7.88. The lowest BCUT2D eigenvalue weighted by atomic mass is 10.2. The maximum Gasteiger partial charge on any atom is 0.208 e. The van der Waals surface area contributed by atoms with Crippen molar-refractivity contribution in [2.24, 2.45) is 5.92 Å². The maximum atomic E-state index is 10.6. The van der Waals surface area contributed by atoms with E-state index < -0.39 is 10.0 Å². The Hall–Kier alpha value is -0.640. The number of rotatable bonds is 7. The molecule has 0 rings (SSSR count). The minimum absolute atomic E-state index is 0.00198. The van der Waals surface area contributed by atoms with Crippen molar-refractivity contribution in [1.29, 1.82) is 5.26 Å². The Balaban J connectivity index is 3.28. The van der Waals surface area contributed by atoms with Gasteiger partial charge in [0, 0.05) is 13.1 Å². The normalized spacial score (nSPS) is 13.5. The summed E-state index contributed by atoms with van der Waals surface area (Å²) in [7, 11) is -3.06. The first kappa shape index (κ1) is 13.4. The third-order valence-electron chi connectivity index (χ3n) is 1.57. The van der Waals surface area contributed by atoms with Gasteiger partial charge in [-0.25, -0.2) is 13.1 Å². The van der Waals surface area contributed by atoms with Crippen molar-refractivity contribution in [3.05, 3.63) is 0 Å². The zero-order valence-electron chi connectivity index (χ0n) is 8.58. The molecule has 0 saturated heterocycles. The van der Waals surface area contributed by atoms with Crippen molar-refractivity contribution in [2.75, 3.05) is 25.9 Å². The highest BCUT2D eigenvalue weighted by Gasteiger charge is 1.99. The molecule has 14 heavy (non-hydrogen) atoms. The van der Waals surface area contributed by atoms with Gasteiger partial charge in [-0.1, -0.05) is 0 Å². The second kappa shape index (κ2) is 6.76. The van der Waals surface area contributed by atoms with E-state index in [1.165, 1.54) is 0 Å². The van der Waals surface area contributed by atoms with E-state index in [9.17, 15) is 8.42 Å². The van der Waals surface area contributed by atoms with E-state index >= 15 is 0 Å². The molecule has 0 aromatic carbocycles. The highest BCUT2D eigenvalue weighted by Crippen LogP contribution is 1.87. The molecule has 2 N–H and O–H groups in total. The van der Waals surface area contributed by atoms with E-state index in [1.54, 1.807) is 0 Å². The van der Waals surface area contributed by atoms with Gasteiger partial charge >= 0.3 is 0 Å². The van der Waals surface area contributed by atoms with Crippen molar-refractivity contribution in [1.82, 2.24) is 10.0 Å². The van der Waals surface area contributed by atoms with Crippen LogP contribution in [0.25, 0.3) is 0 Å². The molecule has 6 heteroatoms. The van der Waals surface area contributed by atoms with E-state index in [0.29, 0.717) is 19.6 Å². The lowest BCUT2D eigenvalue weighted by Gasteiger charge is -2.05. The molecular formula is C8H17N3O2S. The Morgan fingerprint density at radius 1 is 1.43 bits per heavy atom. The summed E-state index contributed by atoms with van der Waals surface area (Å²) < 4.78 is 23.7. The summed E-state index contributed by atoms with van der Waals surface area (Å²) in [4.78, 5) is 0. The van der Waals surface area contributed by atoms with Gasteiger partial charge < -0.3 is 5.32 Å². The summed E-state index contributed by atoms with van der Waals surface area (Å²) in [5.41, 5.74) is 0. The van der Waals surface area contributed by atoms with Gasteiger partial charge in [0.1, 0.15) is 0 Å². The number of hydrogen-bond donors (Lipinski definition) is 2. The van der Waals surface area contributed by atoms with Gasteiger partial charge in [-0.05, 0) is 19.9 Å². The van der Waals surface area contributed by atoms with Crippen molar-refractivity contribution >= 4 is 10.0 Å². The molecule has 82 valence electrons. The summed E-state index contributed by atoms with van der Waals surface area (Å²) in [6.07, 6.45) is 1.86. The molecule has 0 amide bonds. The largest absolute Gasteiger partial charge is 0.315 e. The third kappa shape index (κ3) is 9.45. The molecular weight excluding hydrogens is 202 g/mol. The lowest BCUT2D eigenvalue weighted by molar-refractivity contribution is 0.566. The van der Waals surface area contributed by atoms with Crippen LogP contribution in [0.2, 0.25) is 0 Å². The lowest BCUT2D eigenvalue weighted by Crippen LogP contribution is -2.27. The predicted molar refractivity (Wildman–Crippen MR) is 55.1 cm³/mol. The molecule has 0 spiro atoms. The number of nitrogens with zero attached hydrogens (tertiary/aromatic N) is 1. The number of nitriles is 1. The standard InChI is InChI=1S/C8H17N3O2S/c1-8(6-9)7-10-4-3-5-11-14(2,12)13/h8,10-11H,3-5,7H2,1-2H3. The molecule has 0 aliphatic carbocycles. The molecule has 0 saturated carbocycles. The summed E-state index contributed by atoms with van der Waals surface area (Å²) in [5, 5.41) is 11.5. The summed E-state index contributed by atoms with van der Waals surface area (Å²) >= 11 is 0. The molecule has 1 atom stereocenters. The molecule has 0 aromatic heterocycles. The average molecular weight is 219 g/mol. The Morgan fingerprint density at radius 2 is 2.07 bits per heavy atom. The Bertz CT molecular complexity index is 281. The molecule has 1 unspecified atom stereocenters. The molecule has 0 bridgehead atoms. The zero-order chi connectivity index (χ0) is 11.0. The minimum Gasteiger partial charge on any atom is -0.315 e. The van der Waals surface area contributed by atoms with Crippen molar-refractivity contribution in [3.63, 3.8) is 0 Å². The van der Waals surface area contributed by atoms with Crippen LogP contribution in [0.4, 0.5) is 0 Å². The second-order valence-corrected chi connectivity index (χ2v) is 5.09. The third-order valence-corrected chi connectivity index (χ3v) is 2.29. The smallest absolute Gasteiger partial charge is 0.208 e. The Morgan fingerprint density at radius 3 is 2.57 bits per heavy atom. The summed E-state index contributed by atoms with van der Waals surface area (Å²) in [5.74, 6) is -0.00198. The van der Waals surface area contributed by atoms with E-state index in [0.717, 1.165) is 12.7 Å². The Kier molecular flexibility index (Phi) is 6.45. The first-order chi connectivity index (χ1) is 6.45. The first-order valence-corrected chi connectivity index (χ1v) is 6.40. The molecule has 0 fully saturated rings. The van der Waals surface area contributed by atoms with E-state index in [4.69, 9.17) is 5.26 Å². The van der Waals surface area contributed by atoms with E-state index in [1.807, 2.05) is 6.92 Å². The Labute approximate surface area is 85.5 Å². The highest BCUT2D eigenvalue weighted by atomic mass is 32.2. The molecule has 0 aliphatic rings. The van der Waals surface area contributed by atoms with Crippen molar-refractivity contribution < 1.29 is 8.42 Å². The SMILES string of the molecule is CC(C#N)CNCCCNS(C)(=O)=O. The topological polar surface area (TPSA) is 82.0 Å². The molecule has 0 aromatic rings. The zero-order valence-corrected chi connectivity index (χ0v) is 9.39. The molecule has 5 nitrogen and oxygen atoms in total. The van der Waals surface area contributed by atoms with Crippen LogP contribution in [0.1, 0.15) is 13.3 Å². The van der Waals surface area contributed by atoms with Crippen LogP contribution >= 0.6 is 0 Å². The van der Waals surface area contributed by atoms with Crippen LogP contribution in [-0.4, -0.2) is 34.3 Å². The molecule has 0 radical (unpaired) electrons. The van der Waals surface area contributed by atoms with Crippen molar-refractivity contribution in [2.45, 2.75) is 13.3 Å². The summed E-state index contributed by atoms with van der Waals surface area (Å²) in [6.45, 7) is 3.64. The fraction of sp³-hybridized carbons (Fsp3) is 0.875. The quantitative estimate of drug-likeness (QED) is 0.575.